The molecule has 0 amide bonds. The van der Waals surface area contributed by atoms with Crippen LogP contribution in [0.1, 0.15) is 67.2 Å². The maximum Gasteiger partial charge on any atom is 0.00966 e. The quantitative estimate of drug-likeness (QED) is 0.692. The lowest BCUT2D eigenvalue weighted by Gasteiger charge is -2.42. The van der Waals surface area contributed by atoms with Gasteiger partial charge in [-0.2, -0.15) is 11.8 Å². The summed E-state index contributed by atoms with van der Waals surface area (Å²) >= 11 is 2.11. The number of nitrogens with one attached hydrogen (secondary N) is 1. The first kappa shape index (κ1) is 17.4. The molecule has 2 atom stereocenters. The minimum atomic E-state index is 0.260. The fourth-order valence-corrected chi connectivity index (χ4v) is 3.97. The molecule has 0 spiro atoms. The molecule has 0 aromatic heterocycles. The second-order valence-electron chi connectivity index (χ2n) is 8.04. The van der Waals surface area contributed by atoms with E-state index in [4.69, 9.17) is 0 Å². The molecule has 0 heterocycles. The van der Waals surface area contributed by atoms with Gasteiger partial charge in [-0.05, 0) is 81.8 Å². The van der Waals surface area contributed by atoms with Gasteiger partial charge in [-0.1, -0.05) is 20.8 Å². The van der Waals surface area contributed by atoms with Crippen LogP contribution >= 0.6 is 11.8 Å². The smallest absolute Gasteiger partial charge is 0.00966 e. The molecule has 0 saturated heterocycles. The maximum absolute atomic E-state index is 3.73. The molecule has 0 bridgehead atoms. The first-order valence-electron chi connectivity index (χ1n) is 8.06. The van der Waals surface area contributed by atoms with Crippen LogP contribution in [0.2, 0.25) is 0 Å². The molecule has 1 fully saturated rings. The van der Waals surface area contributed by atoms with Crippen molar-refractivity contribution in [3.63, 3.8) is 0 Å². The van der Waals surface area contributed by atoms with Crippen LogP contribution in [0.15, 0.2) is 0 Å². The van der Waals surface area contributed by atoms with Crippen molar-refractivity contribution in [3.05, 3.63) is 0 Å². The highest BCUT2D eigenvalue weighted by Crippen LogP contribution is 2.43. The van der Waals surface area contributed by atoms with Gasteiger partial charge in [-0.25, -0.2) is 0 Å². The predicted molar refractivity (Wildman–Crippen MR) is 90.0 cm³/mol. The van der Waals surface area contributed by atoms with Crippen molar-refractivity contribution < 1.29 is 0 Å². The lowest BCUT2D eigenvalue weighted by atomic mass is 9.66. The van der Waals surface area contributed by atoms with E-state index in [1.807, 2.05) is 0 Å². The molecule has 114 valence electrons. The van der Waals surface area contributed by atoms with E-state index in [2.05, 4.69) is 58.6 Å². The summed E-state index contributed by atoms with van der Waals surface area (Å²) < 4.78 is 0. The van der Waals surface area contributed by atoms with Crippen LogP contribution in [-0.2, 0) is 0 Å². The van der Waals surface area contributed by atoms with Crippen molar-refractivity contribution in [3.8, 4) is 0 Å². The number of hydrogen-bond donors (Lipinski definition) is 1. The van der Waals surface area contributed by atoms with Gasteiger partial charge in [0.05, 0.1) is 0 Å². The molecular weight excluding hydrogens is 250 g/mol. The average Bonchev–Trinajstić information content (AvgIpc) is 2.26. The Morgan fingerprint density at radius 2 is 1.89 bits per heavy atom. The minimum absolute atomic E-state index is 0.260. The zero-order valence-corrected chi connectivity index (χ0v) is 14.8. The van der Waals surface area contributed by atoms with E-state index in [9.17, 15) is 0 Å². The van der Waals surface area contributed by atoms with Crippen LogP contribution in [0, 0.1) is 17.3 Å². The fourth-order valence-electron chi connectivity index (χ4n) is 3.21. The van der Waals surface area contributed by atoms with Crippen molar-refractivity contribution in [2.24, 2.45) is 17.3 Å². The predicted octanol–water partition coefficient (Wildman–Crippen LogP) is 4.96. The molecule has 1 N–H and O–H groups in total. The monoisotopic (exact) mass is 285 g/mol. The number of thioether (sulfide) groups is 1. The highest BCUT2D eigenvalue weighted by molar-refractivity contribution is 7.99. The molecule has 0 aromatic rings. The topological polar surface area (TPSA) is 12.0 Å². The van der Waals surface area contributed by atoms with Crippen LogP contribution < -0.4 is 5.32 Å². The second kappa shape index (κ2) is 7.36. The Hall–Kier alpha value is 0.310. The summed E-state index contributed by atoms with van der Waals surface area (Å²) in [5.41, 5.74) is 0.829. The zero-order valence-electron chi connectivity index (χ0n) is 14.0. The molecule has 0 radical (unpaired) electrons. The molecule has 1 nitrogen and oxygen atoms in total. The van der Waals surface area contributed by atoms with Gasteiger partial charge in [0.2, 0.25) is 0 Å². The van der Waals surface area contributed by atoms with Crippen molar-refractivity contribution in [2.75, 3.05) is 18.1 Å². The first-order chi connectivity index (χ1) is 8.73. The number of hydrogen-bond acceptors (Lipinski definition) is 2. The van der Waals surface area contributed by atoms with E-state index in [0.717, 1.165) is 11.8 Å². The molecule has 1 rings (SSSR count). The Balaban J connectivity index is 2.50. The summed E-state index contributed by atoms with van der Waals surface area (Å²) in [4.78, 5) is 0. The molecule has 1 aliphatic carbocycles. The van der Waals surface area contributed by atoms with E-state index in [0.29, 0.717) is 5.41 Å². The van der Waals surface area contributed by atoms with Gasteiger partial charge in [0.25, 0.3) is 0 Å². The minimum Gasteiger partial charge on any atom is -0.312 e. The molecule has 1 aliphatic rings. The number of rotatable bonds is 6. The summed E-state index contributed by atoms with van der Waals surface area (Å²) in [6.45, 7) is 15.2. The van der Waals surface area contributed by atoms with Gasteiger partial charge in [0, 0.05) is 5.54 Å². The fraction of sp³-hybridized carbons (Fsp3) is 1.00. The Bertz CT molecular complexity index is 254. The van der Waals surface area contributed by atoms with E-state index < -0.39 is 0 Å². The summed E-state index contributed by atoms with van der Waals surface area (Å²) in [7, 11) is 0. The standard InChI is InChI=1S/C17H35NS/c1-7-19-11-9-14-12-17(5,6)10-8-15(14)13-18-16(2,3)4/h14-15,18H,7-13H2,1-6H3. The van der Waals surface area contributed by atoms with Gasteiger partial charge in [-0.15, -0.1) is 0 Å². The normalized spacial score (nSPS) is 27.5. The second-order valence-corrected chi connectivity index (χ2v) is 9.44. The Morgan fingerprint density at radius 1 is 1.21 bits per heavy atom. The van der Waals surface area contributed by atoms with Crippen molar-refractivity contribution >= 4 is 11.8 Å². The molecule has 2 unspecified atom stereocenters. The molecule has 0 aromatic carbocycles. The molecule has 0 aliphatic heterocycles. The van der Waals surface area contributed by atoms with Crippen LogP contribution in [0.4, 0.5) is 0 Å². The molecule has 19 heavy (non-hydrogen) atoms. The lowest BCUT2D eigenvalue weighted by Crippen LogP contribution is -2.43. The van der Waals surface area contributed by atoms with Crippen molar-refractivity contribution in [2.45, 2.75) is 72.8 Å². The van der Waals surface area contributed by atoms with Crippen LogP contribution in [0.5, 0.6) is 0 Å². The molecular formula is C17H35NS. The third kappa shape index (κ3) is 7.04. The average molecular weight is 286 g/mol. The Labute approximate surface area is 125 Å². The molecule has 2 heteroatoms. The van der Waals surface area contributed by atoms with Gasteiger partial charge in [0.15, 0.2) is 0 Å². The zero-order chi connectivity index (χ0) is 14.5. The lowest BCUT2D eigenvalue weighted by molar-refractivity contribution is 0.109. The molecule has 1 saturated carbocycles. The van der Waals surface area contributed by atoms with E-state index in [-0.39, 0.29) is 5.54 Å². The van der Waals surface area contributed by atoms with Crippen LogP contribution in [0.3, 0.4) is 0 Å². The summed E-state index contributed by atoms with van der Waals surface area (Å²) in [6, 6.07) is 0. The maximum atomic E-state index is 3.73. The Morgan fingerprint density at radius 3 is 2.47 bits per heavy atom. The van der Waals surface area contributed by atoms with E-state index >= 15 is 0 Å². The summed E-state index contributed by atoms with van der Waals surface area (Å²) in [5.74, 6) is 4.44. The first-order valence-corrected chi connectivity index (χ1v) is 9.22. The SMILES string of the molecule is CCSCCC1CC(C)(C)CCC1CNC(C)(C)C. The van der Waals surface area contributed by atoms with Gasteiger partial charge in [0.1, 0.15) is 0 Å². The van der Waals surface area contributed by atoms with Crippen LogP contribution in [0.25, 0.3) is 0 Å². The highest BCUT2D eigenvalue weighted by Gasteiger charge is 2.34. The van der Waals surface area contributed by atoms with Gasteiger partial charge in [-0.3, -0.25) is 0 Å². The third-order valence-corrected chi connectivity index (χ3v) is 5.34. The Kier molecular flexibility index (Phi) is 6.72. The summed E-state index contributed by atoms with van der Waals surface area (Å²) in [6.07, 6.45) is 5.66. The van der Waals surface area contributed by atoms with Crippen molar-refractivity contribution in [1.29, 1.82) is 0 Å². The third-order valence-electron chi connectivity index (χ3n) is 4.41. The van der Waals surface area contributed by atoms with Gasteiger partial charge >= 0.3 is 0 Å². The van der Waals surface area contributed by atoms with E-state index in [1.54, 1.807) is 0 Å². The van der Waals surface area contributed by atoms with Gasteiger partial charge < -0.3 is 5.32 Å². The largest absolute Gasteiger partial charge is 0.312 e. The highest BCUT2D eigenvalue weighted by atomic mass is 32.2. The van der Waals surface area contributed by atoms with Crippen molar-refractivity contribution in [1.82, 2.24) is 5.32 Å². The summed E-state index contributed by atoms with van der Waals surface area (Å²) in [5, 5.41) is 3.73. The van der Waals surface area contributed by atoms with E-state index in [1.165, 1.54) is 43.7 Å². The van der Waals surface area contributed by atoms with Crippen LogP contribution in [-0.4, -0.2) is 23.6 Å².